The van der Waals surface area contributed by atoms with Crippen LogP contribution in [-0.4, -0.2) is 6.54 Å². The minimum absolute atomic E-state index is 0.705. The first-order valence-electron chi connectivity index (χ1n) is 5.12. The van der Waals surface area contributed by atoms with Gasteiger partial charge in [0.25, 0.3) is 0 Å². The molecule has 0 amide bonds. The van der Waals surface area contributed by atoms with Crippen molar-refractivity contribution in [3.05, 3.63) is 0 Å². The summed E-state index contributed by atoms with van der Waals surface area (Å²) in [5.41, 5.74) is 5.38. The van der Waals surface area contributed by atoms with E-state index in [2.05, 4.69) is 11.8 Å². The van der Waals surface area contributed by atoms with Crippen molar-refractivity contribution in [2.24, 2.45) is 11.7 Å². The van der Waals surface area contributed by atoms with Crippen LogP contribution in [0.3, 0.4) is 0 Å². The molecule has 0 spiro atoms. The lowest BCUT2D eigenvalue weighted by atomic mass is 9.90. The highest BCUT2D eigenvalue weighted by molar-refractivity contribution is 5.04. The molecule has 0 unspecified atom stereocenters. The van der Waals surface area contributed by atoms with E-state index in [4.69, 9.17) is 5.73 Å². The van der Waals surface area contributed by atoms with Gasteiger partial charge in [-0.3, -0.25) is 0 Å². The van der Waals surface area contributed by atoms with Gasteiger partial charge in [-0.05, 0) is 25.8 Å². The minimum atomic E-state index is 0.705. The van der Waals surface area contributed by atoms with E-state index in [-0.39, 0.29) is 0 Å². The van der Waals surface area contributed by atoms with Gasteiger partial charge in [-0.25, -0.2) is 0 Å². The Hall–Kier alpha value is -0.480. The van der Waals surface area contributed by atoms with Crippen molar-refractivity contribution in [2.75, 3.05) is 6.54 Å². The van der Waals surface area contributed by atoms with Gasteiger partial charge < -0.3 is 5.73 Å². The third-order valence-electron chi connectivity index (χ3n) is 2.42. The fourth-order valence-corrected chi connectivity index (χ4v) is 1.65. The molecule has 2 N–H and O–H groups in total. The second kappa shape index (κ2) is 6.08. The Balaban J connectivity index is 2.13. The summed E-state index contributed by atoms with van der Waals surface area (Å²) in [6.07, 6.45) is 8.89. The van der Waals surface area contributed by atoms with E-state index in [1.165, 1.54) is 32.1 Å². The Bertz CT molecular complexity index is 158. The molecule has 0 atom stereocenters. The summed E-state index contributed by atoms with van der Waals surface area (Å²) in [4.78, 5) is 0. The average molecular weight is 165 g/mol. The molecular weight excluding hydrogens is 146 g/mol. The molecule has 0 aromatic rings. The highest BCUT2D eigenvalue weighted by Gasteiger charge is 2.09. The zero-order valence-corrected chi connectivity index (χ0v) is 7.81. The van der Waals surface area contributed by atoms with Gasteiger partial charge in [-0.15, -0.1) is 5.92 Å². The summed E-state index contributed by atoms with van der Waals surface area (Å²) < 4.78 is 0. The summed E-state index contributed by atoms with van der Waals surface area (Å²) in [6, 6.07) is 0. The normalized spacial score (nSPS) is 18.4. The van der Waals surface area contributed by atoms with Gasteiger partial charge in [0.2, 0.25) is 0 Å². The van der Waals surface area contributed by atoms with E-state index in [9.17, 15) is 0 Å². The minimum Gasteiger partial charge on any atom is -0.330 e. The van der Waals surface area contributed by atoms with Crippen molar-refractivity contribution in [2.45, 2.75) is 44.9 Å². The first-order valence-corrected chi connectivity index (χ1v) is 5.12. The molecule has 1 saturated carbocycles. The number of unbranched alkanes of at least 4 members (excludes halogenated alkanes) is 1. The predicted molar refractivity (Wildman–Crippen MR) is 52.6 cm³/mol. The lowest BCUT2D eigenvalue weighted by molar-refractivity contribution is 0.430. The molecule has 12 heavy (non-hydrogen) atoms. The van der Waals surface area contributed by atoms with Crippen molar-refractivity contribution >= 4 is 0 Å². The Labute approximate surface area is 75.7 Å². The van der Waals surface area contributed by atoms with Crippen molar-refractivity contribution in [3.8, 4) is 11.8 Å². The molecule has 0 saturated heterocycles. The molecule has 0 bridgehead atoms. The van der Waals surface area contributed by atoms with E-state index in [1.54, 1.807) is 0 Å². The van der Waals surface area contributed by atoms with Crippen LogP contribution in [0.5, 0.6) is 0 Å². The largest absolute Gasteiger partial charge is 0.330 e. The Morgan fingerprint density at radius 3 is 2.58 bits per heavy atom. The molecule has 1 aliphatic rings. The smallest absolute Gasteiger partial charge is 0.0202 e. The van der Waals surface area contributed by atoms with Gasteiger partial charge in [-0.1, -0.05) is 25.2 Å². The summed E-state index contributed by atoms with van der Waals surface area (Å²) in [5.74, 6) is 7.28. The third-order valence-corrected chi connectivity index (χ3v) is 2.42. The van der Waals surface area contributed by atoms with E-state index >= 15 is 0 Å². The van der Waals surface area contributed by atoms with Crippen LogP contribution in [-0.2, 0) is 0 Å². The number of hydrogen-bond acceptors (Lipinski definition) is 1. The molecule has 0 radical (unpaired) electrons. The average Bonchev–Trinajstić information content (AvgIpc) is 2.14. The van der Waals surface area contributed by atoms with Gasteiger partial charge >= 0.3 is 0 Å². The van der Waals surface area contributed by atoms with E-state index < -0.39 is 0 Å². The summed E-state index contributed by atoms with van der Waals surface area (Å²) in [7, 11) is 0. The van der Waals surface area contributed by atoms with Crippen molar-refractivity contribution in [3.63, 3.8) is 0 Å². The Morgan fingerprint density at radius 1 is 1.17 bits per heavy atom. The lowest BCUT2D eigenvalue weighted by Gasteiger charge is -2.15. The molecule has 1 heteroatoms. The molecule has 0 aliphatic heterocycles. The van der Waals surface area contributed by atoms with Crippen LogP contribution < -0.4 is 5.73 Å². The first-order chi connectivity index (χ1) is 5.93. The van der Waals surface area contributed by atoms with E-state index in [1.807, 2.05) is 0 Å². The molecule has 0 aromatic heterocycles. The van der Waals surface area contributed by atoms with Crippen LogP contribution in [0.4, 0.5) is 0 Å². The molecular formula is C11H19N. The first kappa shape index (κ1) is 9.61. The maximum absolute atomic E-state index is 5.38. The third kappa shape index (κ3) is 3.78. The SMILES string of the molecule is NCCCC#CC1CCCCC1. The van der Waals surface area contributed by atoms with Gasteiger partial charge in [0, 0.05) is 12.3 Å². The molecule has 68 valence electrons. The van der Waals surface area contributed by atoms with Crippen molar-refractivity contribution in [1.29, 1.82) is 0 Å². The van der Waals surface area contributed by atoms with Crippen LogP contribution in [0.1, 0.15) is 44.9 Å². The van der Waals surface area contributed by atoms with Gasteiger partial charge in [0.1, 0.15) is 0 Å². The molecule has 1 fully saturated rings. The monoisotopic (exact) mass is 165 g/mol. The van der Waals surface area contributed by atoms with E-state index in [0.717, 1.165) is 19.4 Å². The molecule has 0 heterocycles. The van der Waals surface area contributed by atoms with Crippen LogP contribution in [0.15, 0.2) is 0 Å². The molecule has 0 aromatic carbocycles. The molecule has 1 rings (SSSR count). The van der Waals surface area contributed by atoms with Gasteiger partial charge in [0.15, 0.2) is 0 Å². The van der Waals surface area contributed by atoms with Gasteiger partial charge in [-0.2, -0.15) is 0 Å². The predicted octanol–water partition coefficient (Wildman–Crippen LogP) is 2.31. The zero-order chi connectivity index (χ0) is 8.65. The number of nitrogens with two attached hydrogens (primary N) is 1. The van der Waals surface area contributed by atoms with Crippen LogP contribution in [0.25, 0.3) is 0 Å². The van der Waals surface area contributed by atoms with Crippen molar-refractivity contribution < 1.29 is 0 Å². The fourth-order valence-electron chi connectivity index (χ4n) is 1.65. The quantitative estimate of drug-likeness (QED) is 0.493. The van der Waals surface area contributed by atoms with Crippen molar-refractivity contribution in [1.82, 2.24) is 0 Å². The standard InChI is InChI=1S/C11H19N/c12-10-6-2-5-9-11-7-3-1-4-8-11/h11H,1-4,6-8,10,12H2. The topological polar surface area (TPSA) is 26.0 Å². The zero-order valence-electron chi connectivity index (χ0n) is 7.81. The number of rotatable bonds is 2. The maximum atomic E-state index is 5.38. The fraction of sp³-hybridized carbons (Fsp3) is 0.818. The van der Waals surface area contributed by atoms with Crippen LogP contribution in [0.2, 0.25) is 0 Å². The van der Waals surface area contributed by atoms with Gasteiger partial charge in [0.05, 0.1) is 0 Å². The van der Waals surface area contributed by atoms with E-state index in [0.29, 0.717) is 5.92 Å². The summed E-state index contributed by atoms with van der Waals surface area (Å²) >= 11 is 0. The summed E-state index contributed by atoms with van der Waals surface area (Å²) in [5, 5.41) is 0. The highest BCUT2D eigenvalue weighted by atomic mass is 14.5. The van der Waals surface area contributed by atoms with Crippen LogP contribution in [0, 0.1) is 17.8 Å². The second-order valence-electron chi connectivity index (χ2n) is 3.55. The second-order valence-corrected chi connectivity index (χ2v) is 3.55. The Kier molecular flexibility index (Phi) is 4.87. The Morgan fingerprint density at radius 2 is 1.92 bits per heavy atom. The highest BCUT2D eigenvalue weighted by Crippen LogP contribution is 2.22. The lowest BCUT2D eigenvalue weighted by Crippen LogP contribution is -2.03. The maximum Gasteiger partial charge on any atom is 0.0202 e. The summed E-state index contributed by atoms with van der Waals surface area (Å²) in [6.45, 7) is 0.777. The molecule has 1 nitrogen and oxygen atoms in total. The van der Waals surface area contributed by atoms with Crippen LogP contribution >= 0.6 is 0 Å². The number of hydrogen-bond donors (Lipinski definition) is 1. The molecule has 1 aliphatic carbocycles.